The second kappa shape index (κ2) is 5.95. The summed E-state index contributed by atoms with van der Waals surface area (Å²) in [6.45, 7) is 0. The van der Waals surface area contributed by atoms with Crippen LogP contribution in [0.5, 0.6) is 0 Å². The molecule has 0 atom stereocenters. The van der Waals surface area contributed by atoms with Gasteiger partial charge >= 0.3 is 5.97 Å². The van der Waals surface area contributed by atoms with Crippen molar-refractivity contribution in [2.75, 3.05) is 12.4 Å². The highest BCUT2D eigenvalue weighted by molar-refractivity contribution is 5.92. The van der Waals surface area contributed by atoms with Crippen molar-refractivity contribution in [1.82, 2.24) is 15.5 Å². The number of hydrogen-bond donors (Lipinski definition) is 3. The zero-order valence-electron chi connectivity index (χ0n) is 10.9. The van der Waals surface area contributed by atoms with Crippen molar-refractivity contribution < 1.29 is 19.1 Å². The lowest BCUT2D eigenvalue weighted by Gasteiger charge is -2.06. The maximum absolute atomic E-state index is 13.5. The van der Waals surface area contributed by atoms with E-state index in [1.54, 1.807) is 0 Å². The molecule has 0 bridgehead atoms. The van der Waals surface area contributed by atoms with Crippen molar-refractivity contribution in [2.45, 2.75) is 0 Å². The predicted octanol–water partition coefficient (Wildman–Crippen LogP) is 1.42. The zero-order valence-corrected chi connectivity index (χ0v) is 10.9. The number of hydrogen-bond acceptors (Lipinski definition) is 5. The molecule has 0 aliphatic heterocycles. The summed E-state index contributed by atoms with van der Waals surface area (Å²) in [5, 5.41) is 21.4. The number of carbonyl (C=O) groups is 2. The third-order valence-electron chi connectivity index (χ3n) is 2.60. The molecule has 0 saturated heterocycles. The summed E-state index contributed by atoms with van der Waals surface area (Å²) in [7, 11) is 1.48. The molecule has 0 saturated carbocycles. The molecule has 0 unspecified atom stereocenters. The lowest BCUT2D eigenvalue weighted by atomic mass is 10.2. The van der Waals surface area contributed by atoms with E-state index in [2.05, 4.69) is 20.8 Å². The van der Waals surface area contributed by atoms with Gasteiger partial charge in [-0.05, 0) is 30.3 Å². The first-order valence-corrected chi connectivity index (χ1v) is 5.87. The van der Waals surface area contributed by atoms with Crippen LogP contribution in [-0.2, 0) is 0 Å². The van der Waals surface area contributed by atoms with Crippen molar-refractivity contribution in [1.29, 1.82) is 0 Å². The number of carbonyl (C=O) groups excluding carboxylic acids is 1. The van der Waals surface area contributed by atoms with Gasteiger partial charge in [-0.2, -0.15) is 0 Å². The molecule has 7 nitrogen and oxygen atoms in total. The summed E-state index contributed by atoms with van der Waals surface area (Å²) in [5.41, 5.74) is 0.0524. The van der Waals surface area contributed by atoms with Crippen LogP contribution >= 0.6 is 0 Å². The topological polar surface area (TPSA) is 104 Å². The number of benzene rings is 1. The Morgan fingerprint density at radius 2 is 1.95 bits per heavy atom. The van der Waals surface area contributed by atoms with E-state index in [0.717, 1.165) is 12.1 Å². The molecular formula is C13H11FN4O3. The molecule has 0 radical (unpaired) electrons. The lowest BCUT2D eigenvalue weighted by Crippen LogP contribution is -2.19. The zero-order chi connectivity index (χ0) is 15.4. The number of aromatic nitrogens is 2. The molecule has 108 valence electrons. The summed E-state index contributed by atoms with van der Waals surface area (Å²) >= 11 is 0. The highest BCUT2D eigenvalue weighted by atomic mass is 19.1. The summed E-state index contributed by atoms with van der Waals surface area (Å²) in [6, 6.07) is 6.54. The molecule has 1 aromatic carbocycles. The van der Waals surface area contributed by atoms with Crippen LogP contribution < -0.4 is 10.6 Å². The van der Waals surface area contributed by atoms with Gasteiger partial charge < -0.3 is 15.7 Å². The van der Waals surface area contributed by atoms with Crippen molar-refractivity contribution in [3.63, 3.8) is 0 Å². The smallest absolute Gasteiger partial charge is 0.338 e. The standard InChI is InChI=1S/C13H11FN4O3/c1-15-12(19)10-4-5-11(18-17-10)16-7-2-3-8(13(20)21)9(14)6-7/h2-6H,1H3,(H,15,19)(H,16,18)(H,20,21). The second-order valence-corrected chi connectivity index (χ2v) is 4.01. The molecule has 0 aliphatic rings. The number of halogens is 1. The van der Waals surface area contributed by atoms with Gasteiger partial charge in [-0.15, -0.1) is 10.2 Å². The molecule has 0 aliphatic carbocycles. The highest BCUT2D eigenvalue weighted by Gasteiger charge is 2.11. The van der Waals surface area contributed by atoms with E-state index in [9.17, 15) is 14.0 Å². The number of anilines is 2. The quantitative estimate of drug-likeness (QED) is 0.786. The van der Waals surface area contributed by atoms with Crippen LogP contribution in [-0.4, -0.2) is 34.2 Å². The number of nitrogens with one attached hydrogen (secondary N) is 2. The van der Waals surface area contributed by atoms with Gasteiger partial charge in [0.15, 0.2) is 11.5 Å². The minimum atomic E-state index is -1.34. The average Bonchev–Trinajstić information content (AvgIpc) is 2.47. The molecule has 0 fully saturated rings. The third-order valence-corrected chi connectivity index (χ3v) is 2.60. The van der Waals surface area contributed by atoms with Gasteiger partial charge in [-0.3, -0.25) is 4.79 Å². The van der Waals surface area contributed by atoms with Crippen LogP contribution in [0.2, 0.25) is 0 Å². The van der Waals surface area contributed by atoms with Gasteiger partial charge in [0.05, 0.1) is 5.56 Å². The monoisotopic (exact) mass is 290 g/mol. The Morgan fingerprint density at radius 1 is 1.19 bits per heavy atom. The maximum atomic E-state index is 13.5. The Kier molecular flexibility index (Phi) is 4.07. The van der Waals surface area contributed by atoms with E-state index >= 15 is 0 Å². The Bertz CT molecular complexity index is 688. The van der Waals surface area contributed by atoms with Crippen molar-refractivity contribution in [2.24, 2.45) is 0 Å². The summed E-state index contributed by atoms with van der Waals surface area (Å²) in [4.78, 5) is 22.0. The van der Waals surface area contributed by atoms with Crippen LogP contribution in [0.1, 0.15) is 20.8 Å². The van der Waals surface area contributed by atoms with E-state index in [-0.39, 0.29) is 11.6 Å². The van der Waals surface area contributed by atoms with E-state index in [1.807, 2.05) is 0 Å². The molecule has 1 heterocycles. The molecule has 2 aromatic rings. The molecule has 2 rings (SSSR count). The normalized spacial score (nSPS) is 10.0. The van der Waals surface area contributed by atoms with Gasteiger partial charge in [0.1, 0.15) is 5.82 Å². The number of aromatic carboxylic acids is 1. The Balaban J connectivity index is 2.17. The lowest BCUT2D eigenvalue weighted by molar-refractivity contribution is 0.0691. The summed E-state index contributed by atoms with van der Waals surface area (Å²) < 4.78 is 13.5. The van der Waals surface area contributed by atoms with E-state index in [0.29, 0.717) is 11.5 Å². The van der Waals surface area contributed by atoms with Crippen LogP contribution in [0.4, 0.5) is 15.9 Å². The predicted molar refractivity (Wildman–Crippen MR) is 72.1 cm³/mol. The van der Waals surface area contributed by atoms with Crippen molar-refractivity contribution >= 4 is 23.4 Å². The van der Waals surface area contributed by atoms with Gasteiger partial charge in [-0.25, -0.2) is 9.18 Å². The fourth-order valence-corrected chi connectivity index (χ4v) is 1.56. The number of carboxylic acid groups (broad SMARTS) is 1. The summed E-state index contributed by atoms with van der Waals surface area (Å²) in [5.74, 6) is -2.27. The van der Waals surface area contributed by atoms with Crippen molar-refractivity contribution in [3.8, 4) is 0 Å². The van der Waals surface area contributed by atoms with Crippen LogP contribution in [0.15, 0.2) is 30.3 Å². The summed E-state index contributed by atoms with van der Waals surface area (Å²) in [6.07, 6.45) is 0. The Morgan fingerprint density at radius 3 is 2.48 bits per heavy atom. The Labute approximate surface area is 118 Å². The average molecular weight is 290 g/mol. The number of nitrogens with zero attached hydrogens (tertiary/aromatic N) is 2. The number of amides is 1. The maximum Gasteiger partial charge on any atom is 0.338 e. The van der Waals surface area contributed by atoms with Crippen molar-refractivity contribution in [3.05, 3.63) is 47.4 Å². The largest absolute Gasteiger partial charge is 0.478 e. The molecule has 3 N–H and O–H groups in total. The fourth-order valence-electron chi connectivity index (χ4n) is 1.56. The molecular weight excluding hydrogens is 279 g/mol. The molecule has 8 heteroatoms. The number of carboxylic acids is 1. The molecule has 1 aromatic heterocycles. The first kappa shape index (κ1) is 14.4. The van der Waals surface area contributed by atoms with Gasteiger partial charge in [0.2, 0.25) is 0 Å². The first-order valence-electron chi connectivity index (χ1n) is 5.87. The minimum Gasteiger partial charge on any atom is -0.478 e. The fraction of sp³-hybridized carbons (Fsp3) is 0.0769. The first-order chi connectivity index (χ1) is 10.0. The van der Waals surface area contributed by atoms with Crippen LogP contribution in [0.3, 0.4) is 0 Å². The van der Waals surface area contributed by atoms with E-state index in [4.69, 9.17) is 5.11 Å². The van der Waals surface area contributed by atoms with Gasteiger partial charge in [0.25, 0.3) is 5.91 Å². The molecule has 1 amide bonds. The van der Waals surface area contributed by atoms with Crippen LogP contribution in [0, 0.1) is 5.82 Å². The minimum absolute atomic E-state index is 0.149. The number of rotatable bonds is 4. The van der Waals surface area contributed by atoms with Gasteiger partial charge in [-0.1, -0.05) is 0 Å². The van der Waals surface area contributed by atoms with E-state index < -0.39 is 17.3 Å². The molecule has 0 spiro atoms. The molecule has 21 heavy (non-hydrogen) atoms. The Hall–Kier alpha value is -3.03. The SMILES string of the molecule is CNC(=O)c1ccc(Nc2ccc(C(=O)O)c(F)c2)nn1. The van der Waals surface area contributed by atoms with Gasteiger partial charge in [0, 0.05) is 12.7 Å². The second-order valence-electron chi connectivity index (χ2n) is 4.01. The highest BCUT2D eigenvalue weighted by Crippen LogP contribution is 2.18. The van der Waals surface area contributed by atoms with Crippen LogP contribution in [0.25, 0.3) is 0 Å². The van der Waals surface area contributed by atoms with E-state index in [1.165, 1.54) is 25.2 Å². The third kappa shape index (κ3) is 3.30.